The molecule has 1 amide bonds. The molecule has 4 aromatic rings. The van der Waals surface area contributed by atoms with Crippen LogP contribution in [0.4, 0.5) is 5.69 Å². The predicted molar refractivity (Wildman–Crippen MR) is 107 cm³/mol. The van der Waals surface area contributed by atoms with Crippen LogP contribution in [-0.2, 0) is 10.8 Å². The Morgan fingerprint density at radius 1 is 1.00 bits per heavy atom. The fourth-order valence-corrected chi connectivity index (χ4v) is 3.53. The van der Waals surface area contributed by atoms with Crippen molar-refractivity contribution >= 4 is 44.3 Å². The van der Waals surface area contributed by atoms with Gasteiger partial charge in [-0.05, 0) is 36.4 Å². The molecular weight excluding hydrogens is 362 g/mol. The summed E-state index contributed by atoms with van der Waals surface area (Å²) < 4.78 is 22.8. The number of methoxy groups -OCH3 is 1. The highest BCUT2D eigenvalue weighted by molar-refractivity contribution is 7.84. The van der Waals surface area contributed by atoms with Gasteiger partial charge in [0.15, 0.2) is 0 Å². The lowest BCUT2D eigenvalue weighted by Gasteiger charge is -2.10. The van der Waals surface area contributed by atoms with Crippen LogP contribution in [-0.4, -0.2) is 23.5 Å². The minimum atomic E-state index is -1.08. The molecule has 3 aromatic carbocycles. The molecule has 1 heterocycles. The van der Waals surface area contributed by atoms with Gasteiger partial charge in [0.25, 0.3) is 5.91 Å². The zero-order valence-electron chi connectivity index (χ0n) is 14.8. The molecule has 6 heteroatoms. The summed E-state index contributed by atoms with van der Waals surface area (Å²) in [7, 11) is 0.479. The fraction of sp³-hybridized carbons (Fsp3) is 0.0952. The first kappa shape index (κ1) is 17.3. The number of anilines is 1. The smallest absolute Gasteiger partial charge is 0.255 e. The van der Waals surface area contributed by atoms with Crippen LogP contribution in [0.25, 0.3) is 21.9 Å². The first-order chi connectivity index (χ1) is 13.1. The van der Waals surface area contributed by atoms with E-state index in [1.807, 2.05) is 30.3 Å². The Hall–Kier alpha value is -3.12. The lowest BCUT2D eigenvalue weighted by Crippen LogP contribution is -2.12. The molecule has 4 rings (SSSR count). The number of para-hydroxylation sites is 1. The minimum Gasteiger partial charge on any atom is -0.495 e. The highest BCUT2D eigenvalue weighted by Gasteiger charge is 2.15. The molecule has 0 fully saturated rings. The van der Waals surface area contributed by atoms with Crippen molar-refractivity contribution in [3.63, 3.8) is 0 Å². The molecule has 1 aromatic heterocycles. The Kier molecular flexibility index (Phi) is 4.41. The van der Waals surface area contributed by atoms with Crippen molar-refractivity contribution in [1.29, 1.82) is 0 Å². The van der Waals surface area contributed by atoms with Crippen molar-refractivity contribution < 1.29 is 18.2 Å². The highest BCUT2D eigenvalue weighted by Crippen LogP contribution is 2.36. The quantitative estimate of drug-likeness (QED) is 0.563. The molecule has 1 atom stereocenters. The van der Waals surface area contributed by atoms with Crippen LogP contribution in [0.5, 0.6) is 5.75 Å². The van der Waals surface area contributed by atoms with Crippen molar-refractivity contribution in [2.75, 3.05) is 18.7 Å². The van der Waals surface area contributed by atoms with Gasteiger partial charge >= 0.3 is 0 Å². The summed E-state index contributed by atoms with van der Waals surface area (Å²) in [5.74, 6) is 0.269. The van der Waals surface area contributed by atoms with E-state index in [1.54, 1.807) is 43.7 Å². The second-order valence-corrected chi connectivity index (χ2v) is 7.46. The molecule has 0 saturated heterocycles. The van der Waals surface area contributed by atoms with Crippen LogP contribution >= 0.6 is 0 Å². The van der Waals surface area contributed by atoms with E-state index in [1.165, 1.54) is 0 Å². The van der Waals surface area contributed by atoms with E-state index in [0.29, 0.717) is 27.5 Å². The summed E-state index contributed by atoms with van der Waals surface area (Å²) in [6.07, 6.45) is 1.60. The van der Waals surface area contributed by atoms with E-state index in [2.05, 4.69) is 5.32 Å². The molecule has 0 spiro atoms. The summed E-state index contributed by atoms with van der Waals surface area (Å²) in [5.41, 5.74) is 2.44. The highest BCUT2D eigenvalue weighted by atomic mass is 32.2. The first-order valence-electron chi connectivity index (χ1n) is 8.31. The second kappa shape index (κ2) is 6.89. The molecule has 0 saturated carbocycles. The minimum absolute atomic E-state index is 0.280. The number of hydrogen-bond donors (Lipinski definition) is 1. The van der Waals surface area contributed by atoms with Gasteiger partial charge in [0.05, 0.1) is 12.8 Å². The molecule has 0 aliphatic heterocycles. The van der Waals surface area contributed by atoms with Crippen LogP contribution < -0.4 is 10.1 Å². The molecule has 0 bridgehead atoms. The Morgan fingerprint density at radius 2 is 1.74 bits per heavy atom. The van der Waals surface area contributed by atoms with Gasteiger partial charge in [-0.3, -0.25) is 9.00 Å². The molecular formula is C21H17NO4S. The Bertz CT molecular complexity index is 1180. The Labute approximate surface area is 158 Å². The van der Waals surface area contributed by atoms with Gasteiger partial charge in [0.1, 0.15) is 16.9 Å². The SMILES string of the molecule is COc1cc2c(cc1NC(=O)c1ccc([S@@](C)=O)cc1)oc1ccccc12. The number of nitrogens with one attached hydrogen (secondary N) is 1. The molecule has 27 heavy (non-hydrogen) atoms. The molecule has 0 radical (unpaired) electrons. The first-order valence-corrected chi connectivity index (χ1v) is 9.87. The Balaban J connectivity index is 1.71. The average molecular weight is 379 g/mol. The van der Waals surface area contributed by atoms with Gasteiger partial charge in [0, 0.05) is 44.4 Å². The average Bonchev–Trinajstić information content (AvgIpc) is 3.04. The third-order valence-corrected chi connectivity index (χ3v) is 5.33. The Morgan fingerprint density at radius 3 is 2.44 bits per heavy atom. The van der Waals surface area contributed by atoms with Crippen molar-refractivity contribution in [2.24, 2.45) is 0 Å². The van der Waals surface area contributed by atoms with Crippen LogP contribution in [0.2, 0.25) is 0 Å². The predicted octanol–water partition coefficient (Wildman–Crippen LogP) is 4.58. The molecule has 0 aliphatic carbocycles. The molecule has 1 N–H and O–H groups in total. The van der Waals surface area contributed by atoms with Crippen LogP contribution in [0.1, 0.15) is 10.4 Å². The molecule has 136 valence electrons. The summed E-state index contributed by atoms with van der Waals surface area (Å²) in [6.45, 7) is 0. The number of ether oxygens (including phenoxy) is 1. The van der Waals surface area contributed by atoms with Gasteiger partial charge in [-0.25, -0.2) is 0 Å². The van der Waals surface area contributed by atoms with E-state index in [0.717, 1.165) is 16.4 Å². The molecule has 5 nitrogen and oxygen atoms in total. The summed E-state index contributed by atoms with van der Waals surface area (Å²) in [6, 6.07) is 18.1. The number of carbonyl (C=O) groups is 1. The maximum atomic E-state index is 12.6. The number of carbonyl (C=O) groups excluding carboxylic acids is 1. The fourth-order valence-electron chi connectivity index (χ4n) is 3.01. The zero-order chi connectivity index (χ0) is 19.0. The summed E-state index contributed by atoms with van der Waals surface area (Å²) in [5, 5.41) is 4.78. The summed E-state index contributed by atoms with van der Waals surface area (Å²) >= 11 is 0. The van der Waals surface area contributed by atoms with Gasteiger partial charge in [0.2, 0.25) is 0 Å². The van der Waals surface area contributed by atoms with Gasteiger partial charge in [-0.2, -0.15) is 0 Å². The lowest BCUT2D eigenvalue weighted by molar-refractivity contribution is 0.102. The van der Waals surface area contributed by atoms with Crippen LogP contribution in [0.15, 0.2) is 70.0 Å². The number of benzene rings is 3. The van der Waals surface area contributed by atoms with E-state index < -0.39 is 10.8 Å². The van der Waals surface area contributed by atoms with Crippen LogP contribution in [0.3, 0.4) is 0 Å². The number of hydrogen-bond acceptors (Lipinski definition) is 4. The van der Waals surface area contributed by atoms with E-state index in [9.17, 15) is 9.00 Å². The van der Waals surface area contributed by atoms with Crippen molar-refractivity contribution in [2.45, 2.75) is 4.90 Å². The maximum absolute atomic E-state index is 12.6. The van der Waals surface area contributed by atoms with Gasteiger partial charge < -0.3 is 14.5 Å². The topological polar surface area (TPSA) is 68.5 Å². The molecule has 0 aliphatic rings. The van der Waals surface area contributed by atoms with Gasteiger partial charge in [-0.1, -0.05) is 18.2 Å². The van der Waals surface area contributed by atoms with Gasteiger partial charge in [-0.15, -0.1) is 0 Å². The van der Waals surface area contributed by atoms with Crippen LogP contribution in [0, 0.1) is 0 Å². The number of fused-ring (bicyclic) bond motifs is 3. The second-order valence-electron chi connectivity index (χ2n) is 6.08. The number of rotatable bonds is 4. The maximum Gasteiger partial charge on any atom is 0.255 e. The third kappa shape index (κ3) is 3.19. The van der Waals surface area contributed by atoms with E-state index in [-0.39, 0.29) is 5.91 Å². The third-order valence-electron chi connectivity index (χ3n) is 4.40. The zero-order valence-corrected chi connectivity index (χ0v) is 15.6. The lowest BCUT2D eigenvalue weighted by atomic mass is 10.1. The standard InChI is InChI=1S/C21H17NO4S/c1-25-20-11-16-15-5-3-4-6-18(15)26-19(16)12-17(20)22-21(23)13-7-9-14(10-8-13)27(2)24/h3-12H,1-2H3,(H,22,23)/t27-/m1/s1. The monoisotopic (exact) mass is 379 g/mol. The number of amides is 1. The molecule has 0 unspecified atom stereocenters. The van der Waals surface area contributed by atoms with Crippen molar-refractivity contribution in [3.05, 3.63) is 66.2 Å². The van der Waals surface area contributed by atoms with E-state index >= 15 is 0 Å². The normalized spacial score (nSPS) is 12.2. The summed E-state index contributed by atoms with van der Waals surface area (Å²) in [4.78, 5) is 13.3. The van der Waals surface area contributed by atoms with Crippen molar-refractivity contribution in [1.82, 2.24) is 0 Å². The van der Waals surface area contributed by atoms with Crippen molar-refractivity contribution in [3.8, 4) is 5.75 Å². The largest absolute Gasteiger partial charge is 0.495 e. The van der Waals surface area contributed by atoms with E-state index in [4.69, 9.17) is 9.15 Å². The number of furan rings is 1.